The number of imidazole rings is 1. The molecule has 1 unspecified atom stereocenters. The van der Waals surface area contributed by atoms with E-state index >= 15 is 0 Å². The first kappa shape index (κ1) is 18.0. The summed E-state index contributed by atoms with van der Waals surface area (Å²) in [6.07, 6.45) is 9.55. The normalized spacial score (nSPS) is 22.2. The lowest BCUT2D eigenvalue weighted by Crippen LogP contribution is -2.38. The van der Waals surface area contributed by atoms with Crippen molar-refractivity contribution >= 4 is 23.1 Å². The number of ether oxygens (including phenoxy) is 3. The predicted molar refractivity (Wildman–Crippen MR) is 101 cm³/mol. The highest BCUT2D eigenvalue weighted by Gasteiger charge is 2.22. The van der Waals surface area contributed by atoms with Gasteiger partial charge in [0.25, 0.3) is 0 Å². The molecule has 0 aliphatic carbocycles. The Balaban J connectivity index is 1.21. The number of halogens is 1. The van der Waals surface area contributed by atoms with Gasteiger partial charge in [-0.15, -0.1) is 0 Å². The zero-order valence-corrected chi connectivity index (χ0v) is 15.7. The Morgan fingerprint density at radius 2 is 2.00 bits per heavy atom. The molecule has 2 aliphatic heterocycles. The minimum absolute atomic E-state index is 0.0298. The molecule has 0 aromatic carbocycles. The van der Waals surface area contributed by atoms with Gasteiger partial charge < -0.3 is 19.1 Å². The highest BCUT2D eigenvalue weighted by molar-refractivity contribution is 6.30. The minimum Gasteiger partial charge on any atom is -0.376 e. The molecule has 4 rings (SSSR count). The van der Waals surface area contributed by atoms with E-state index in [1.54, 1.807) is 0 Å². The van der Waals surface area contributed by atoms with Crippen LogP contribution in [0, 0.1) is 0 Å². The van der Waals surface area contributed by atoms with Crippen LogP contribution >= 0.6 is 11.6 Å². The summed E-state index contributed by atoms with van der Waals surface area (Å²) in [6.45, 7) is 4.00. The van der Waals surface area contributed by atoms with Gasteiger partial charge >= 0.3 is 0 Å². The van der Waals surface area contributed by atoms with E-state index in [-0.39, 0.29) is 6.29 Å². The smallest absolute Gasteiger partial charge is 0.157 e. The van der Waals surface area contributed by atoms with Crippen LogP contribution in [-0.4, -0.2) is 54.7 Å². The third-order valence-electron chi connectivity index (χ3n) is 5.10. The van der Waals surface area contributed by atoms with Crippen molar-refractivity contribution in [3.63, 3.8) is 0 Å². The Kier molecular flexibility index (Phi) is 5.94. The molecular weight excluding hydrogens is 354 g/mol. The number of hydrogen-bond acceptors (Lipinski definition) is 5. The van der Waals surface area contributed by atoms with Crippen LogP contribution in [-0.2, 0) is 14.2 Å². The first-order valence-electron chi connectivity index (χ1n) is 9.52. The molecule has 2 aromatic rings. The van der Waals surface area contributed by atoms with Gasteiger partial charge in [-0.05, 0) is 38.2 Å². The number of nitrogens with zero attached hydrogens (tertiary/aromatic N) is 3. The van der Waals surface area contributed by atoms with E-state index in [0.29, 0.717) is 24.3 Å². The van der Waals surface area contributed by atoms with E-state index in [9.17, 15) is 0 Å². The first-order valence-corrected chi connectivity index (χ1v) is 9.90. The van der Waals surface area contributed by atoms with Gasteiger partial charge in [-0.2, -0.15) is 0 Å². The van der Waals surface area contributed by atoms with E-state index < -0.39 is 0 Å². The average molecular weight is 380 g/mol. The minimum atomic E-state index is -0.0298. The van der Waals surface area contributed by atoms with Crippen LogP contribution in [0.25, 0.3) is 5.65 Å². The maximum absolute atomic E-state index is 6.04. The van der Waals surface area contributed by atoms with E-state index in [1.165, 1.54) is 6.42 Å². The quantitative estimate of drug-likeness (QED) is 0.719. The van der Waals surface area contributed by atoms with Crippen LogP contribution in [0.1, 0.15) is 32.1 Å². The summed E-state index contributed by atoms with van der Waals surface area (Å²) in [4.78, 5) is 6.82. The molecule has 7 heteroatoms. The van der Waals surface area contributed by atoms with Crippen molar-refractivity contribution in [1.29, 1.82) is 0 Å². The molecule has 0 radical (unpaired) electrons. The van der Waals surface area contributed by atoms with Gasteiger partial charge in [0.05, 0.1) is 25.5 Å². The Bertz CT molecular complexity index is 709. The second kappa shape index (κ2) is 8.57. The van der Waals surface area contributed by atoms with Gasteiger partial charge in [0.15, 0.2) is 6.29 Å². The number of anilines is 1. The second-order valence-electron chi connectivity index (χ2n) is 6.91. The zero-order valence-electron chi connectivity index (χ0n) is 15.0. The Hall–Kier alpha value is -1.34. The third kappa shape index (κ3) is 4.31. The Morgan fingerprint density at radius 1 is 1.15 bits per heavy atom. The number of hydrogen-bond donors (Lipinski definition) is 0. The molecule has 26 heavy (non-hydrogen) atoms. The maximum Gasteiger partial charge on any atom is 0.157 e. The molecule has 2 aliphatic rings. The van der Waals surface area contributed by atoms with Gasteiger partial charge in [-0.1, -0.05) is 11.6 Å². The summed E-state index contributed by atoms with van der Waals surface area (Å²) in [5, 5.41) is 0.711. The van der Waals surface area contributed by atoms with Crippen LogP contribution in [0.2, 0.25) is 5.02 Å². The highest BCUT2D eigenvalue weighted by Crippen LogP contribution is 2.24. The average Bonchev–Trinajstić information content (AvgIpc) is 3.09. The number of pyridine rings is 1. The third-order valence-corrected chi connectivity index (χ3v) is 5.34. The van der Waals surface area contributed by atoms with Crippen molar-refractivity contribution in [2.24, 2.45) is 0 Å². The molecule has 1 atom stereocenters. The van der Waals surface area contributed by atoms with Crippen LogP contribution in [0.3, 0.4) is 0 Å². The van der Waals surface area contributed by atoms with Crippen LogP contribution < -0.4 is 4.90 Å². The number of fused-ring (bicyclic) bond motifs is 1. The predicted octanol–water partition coefficient (Wildman–Crippen LogP) is 3.52. The SMILES string of the molecule is Clc1ccn2c(N3CCC(OCCOC4CCCCO4)CC3)cnc2c1. The van der Waals surface area contributed by atoms with E-state index in [0.717, 1.165) is 56.8 Å². The van der Waals surface area contributed by atoms with Crippen molar-refractivity contribution in [3.05, 3.63) is 29.5 Å². The summed E-state index contributed by atoms with van der Waals surface area (Å²) in [7, 11) is 0. The van der Waals surface area contributed by atoms with Gasteiger partial charge in [-0.25, -0.2) is 4.98 Å². The fraction of sp³-hybridized carbons (Fsp3) is 0.632. The Labute approximate surface area is 159 Å². The summed E-state index contributed by atoms with van der Waals surface area (Å²) in [5.74, 6) is 1.12. The van der Waals surface area contributed by atoms with E-state index in [2.05, 4.69) is 14.3 Å². The lowest BCUT2D eigenvalue weighted by Gasteiger charge is -2.33. The van der Waals surface area contributed by atoms with Gasteiger partial charge in [0.1, 0.15) is 11.5 Å². The van der Waals surface area contributed by atoms with Crippen molar-refractivity contribution < 1.29 is 14.2 Å². The molecule has 2 aromatic heterocycles. The van der Waals surface area contributed by atoms with E-state index in [1.807, 2.05) is 24.5 Å². The summed E-state index contributed by atoms with van der Waals surface area (Å²) < 4.78 is 19.4. The molecule has 0 N–H and O–H groups in total. The summed E-state index contributed by atoms with van der Waals surface area (Å²) in [6, 6.07) is 3.78. The zero-order chi connectivity index (χ0) is 17.8. The molecule has 0 bridgehead atoms. The van der Waals surface area contributed by atoms with Crippen molar-refractivity contribution in [3.8, 4) is 0 Å². The van der Waals surface area contributed by atoms with Crippen molar-refractivity contribution in [1.82, 2.24) is 9.38 Å². The van der Waals surface area contributed by atoms with Gasteiger partial charge in [0.2, 0.25) is 0 Å². The van der Waals surface area contributed by atoms with Crippen molar-refractivity contribution in [2.45, 2.75) is 44.5 Å². The molecule has 142 valence electrons. The fourth-order valence-electron chi connectivity index (χ4n) is 3.66. The second-order valence-corrected chi connectivity index (χ2v) is 7.35. The molecule has 4 heterocycles. The highest BCUT2D eigenvalue weighted by atomic mass is 35.5. The molecule has 0 spiro atoms. The number of rotatable bonds is 6. The molecular formula is C19H26ClN3O3. The summed E-state index contributed by atoms with van der Waals surface area (Å²) in [5.41, 5.74) is 0.882. The van der Waals surface area contributed by atoms with Crippen molar-refractivity contribution in [2.75, 3.05) is 37.8 Å². The summed E-state index contributed by atoms with van der Waals surface area (Å²) >= 11 is 6.04. The monoisotopic (exact) mass is 379 g/mol. The lowest BCUT2D eigenvalue weighted by molar-refractivity contribution is -0.171. The topological polar surface area (TPSA) is 48.2 Å². The largest absolute Gasteiger partial charge is 0.376 e. The molecule has 0 amide bonds. The van der Waals surface area contributed by atoms with Gasteiger partial charge in [0, 0.05) is 37.0 Å². The molecule has 2 saturated heterocycles. The maximum atomic E-state index is 6.04. The Morgan fingerprint density at radius 3 is 2.81 bits per heavy atom. The van der Waals surface area contributed by atoms with Crippen LogP contribution in [0.5, 0.6) is 0 Å². The number of aromatic nitrogens is 2. The van der Waals surface area contributed by atoms with Gasteiger partial charge in [-0.3, -0.25) is 4.40 Å². The van der Waals surface area contributed by atoms with Crippen LogP contribution in [0.15, 0.2) is 24.5 Å². The molecule has 6 nitrogen and oxygen atoms in total. The van der Waals surface area contributed by atoms with E-state index in [4.69, 9.17) is 25.8 Å². The molecule has 0 saturated carbocycles. The first-order chi connectivity index (χ1) is 12.8. The fourth-order valence-corrected chi connectivity index (χ4v) is 3.82. The molecule has 2 fully saturated rings. The lowest BCUT2D eigenvalue weighted by atomic mass is 10.1. The standard InChI is InChI=1S/C19H26ClN3O3/c20-15-4-9-23-17(13-15)21-14-18(23)22-7-5-16(6-8-22)24-11-12-26-19-3-1-2-10-25-19/h4,9,13-14,16,19H,1-3,5-8,10-12H2. The van der Waals surface area contributed by atoms with Crippen LogP contribution in [0.4, 0.5) is 5.82 Å². The number of piperidine rings is 1.